The van der Waals surface area contributed by atoms with Crippen molar-refractivity contribution in [3.63, 3.8) is 0 Å². The Bertz CT molecular complexity index is 2440. The summed E-state index contributed by atoms with van der Waals surface area (Å²) in [5, 5.41) is 34.2. The summed E-state index contributed by atoms with van der Waals surface area (Å²) in [6.45, 7) is 0. The zero-order valence-corrected chi connectivity index (χ0v) is 23.9. The van der Waals surface area contributed by atoms with Gasteiger partial charge in [0.05, 0.1) is 34.9 Å². The molecule has 8 aromatic rings. The van der Waals surface area contributed by atoms with Gasteiger partial charge in [0, 0.05) is 36.5 Å². The highest BCUT2D eigenvalue weighted by atomic mass is 32.1. The zero-order valence-electron chi connectivity index (χ0n) is 23.1. The van der Waals surface area contributed by atoms with Crippen LogP contribution in [0.2, 0.25) is 0 Å². The van der Waals surface area contributed by atoms with Gasteiger partial charge in [0.1, 0.15) is 11.2 Å². The van der Waals surface area contributed by atoms with Gasteiger partial charge in [-0.25, -0.2) is 0 Å². The number of nitriles is 3. The van der Waals surface area contributed by atoms with Crippen LogP contribution in [0.5, 0.6) is 0 Å². The van der Waals surface area contributed by atoms with Gasteiger partial charge in [-0.15, -0.1) is 11.3 Å². The molecule has 0 aliphatic rings. The number of rotatable bonds is 3. The Balaban J connectivity index is 1.40. The maximum atomic E-state index is 10.1. The van der Waals surface area contributed by atoms with Crippen molar-refractivity contribution in [3.8, 4) is 51.6 Å². The highest BCUT2D eigenvalue weighted by Gasteiger charge is 2.17. The third-order valence-corrected chi connectivity index (χ3v) is 9.30. The summed E-state index contributed by atoms with van der Waals surface area (Å²) in [7, 11) is 0. The van der Waals surface area contributed by atoms with Gasteiger partial charge in [-0.3, -0.25) is 0 Å². The summed E-state index contributed by atoms with van der Waals surface area (Å²) >= 11 is 1.77. The first-order valence-corrected chi connectivity index (χ1v) is 14.8. The molecule has 0 saturated carbocycles. The number of hydrogen-bond donors (Lipinski definition) is 0. The van der Waals surface area contributed by atoms with Crippen LogP contribution < -0.4 is 0 Å². The number of thiophene rings is 1. The van der Waals surface area contributed by atoms with E-state index in [4.69, 9.17) is 4.42 Å². The number of fused-ring (bicyclic) bond motifs is 6. The van der Waals surface area contributed by atoms with Gasteiger partial charge >= 0.3 is 0 Å². The first kappa shape index (κ1) is 25.5. The number of para-hydroxylation sites is 1. The Morgan fingerprint density at radius 3 is 1.77 bits per heavy atom. The van der Waals surface area contributed by atoms with Gasteiger partial charge < -0.3 is 4.42 Å². The largest absolute Gasteiger partial charge is 0.456 e. The fraction of sp³-hybridized carbons (Fsp3) is 0. The lowest BCUT2D eigenvalue weighted by Gasteiger charge is -2.14. The molecule has 0 bridgehead atoms. The molecule has 0 atom stereocenters. The van der Waals surface area contributed by atoms with E-state index >= 15 is 0 Å². The highest BCUT2D eigenvalue weighted by Crippen LogP contribution is 2.41. The minimum absolute atomic E-state index is 0.283. The average molecular weight is 578 g/mol. The van der Waals surface area contributed by atoms with E-state index in [9.17, 15) is 15.8 Å². The molecule has 0 radical (unpaired) electrons. The summed E-state index contributed by atoms with van der Waals surface area (Å²) in [5.41, 5.74) is 7.69. The summed E-state index contributed by atoms with van der Waals surface area (Å²) in [5.74, 6) is 0. The molecule has 0 unspecified atom stereocenters. The van der Waals surface area contributed by atoms with Crippen LogP contribution in [0.15, 0.2) is 120 Å². The van der Waals surface area contributed by atoms with Gasteiger partial charge in [-0.2, -0.15) is 15.8 Å². The molecular weight excluding hydrogens is 559 g/mol. The lowest BCUT2D eigenvalue weighted by molar-refractivity contribution is 0.669. The molecule has 0 saturated heterocycles. The second-order valence-electron chi connectivity index (χ2n) is 10.7. The third-order valence-electron chi connectivity index (χ3n) is 8.15. The molecule has 44 heavy (non-hydrogen) atoms. The monoisotopic (exact) mass is 577 g/mol. The first-order valence-electron chi connectivity index (χ1n) is 14.0. The van der Waals surface area contributed by atoms with Gasteiger partial charge in [-0.1, -0.05) is 48.5 Å². The van der Waals surface area contributed by atoms with E-state index in [1.165, 1.54) is 20.2 Å². The molecule has 0 spiro atoms. The van der Waals surface area contributed by atoms with E-state index in [0.717, 1.165) is 49.8 Å². The lowest BCUT2D eigenvalue weighted by atomic mass is 9.88. The van der Waals surface area contributed by atoms with E-state index in [0.29, 0.717) is 16.7 Å². The molecule has 0 aliphatic carbocycles. The molecule has 202 valence electrons. The average Bonchev–Trinajstić information content (AvgIpc) is 3.65. The fourth-order valence-corrected chi connectivity index (χ4v) is 7.20. The normalized spacial score (nSPS) is 11.1. The number of furan rings is 1. The minimum atomic E-state index is 0.283. The van der Waals surface area contributed by atoms with Crippen LogP contribution in [0.4, 0.5) is 0 Å². The van der Waals surface area contributed by atoms with Crippen molar-refractivity contribution in [1.82, 2.24) is 0 Å². The quantitative estimate of drug-likeness (QED) is 0.209. The first-order chi connectivity index (χ1) is 21.6. The van der Waals surface area contributed by atoms with Crippen LogP contribution >= 0.6 is 11.3 Å². The zero-order chi connectivity index (χ0) is 29.8. The maximum Gasteiger partial charge on any atom is 0.135 e. The van der Waals surface area contributed by atoms with Crippen molar-refractivity contribution < 1.29 is 4.42 Å². The van der Waals surface area contributed by atoms with E-state index < -0.39 is 0 Å². The molecule has 6 aromatic carbocycles. The van der Waals surface area contributed by atoms with Crippen molar-refractivity contribution in [2.75, 3.05) is 0 Å². The maximum absolute atomic E-state index is 10.1. The smallest absolute Gasteiger partial charge is 0.135 e. The Morgan fingerprint density at radius 1 is 0.455 bits per heavy atom. The topological polar surface area (TPSA) is 84.5 Å². The second-order valence-corrected chi connectivity index (χ2v) is 11.8. The van der Waals surface area contributed by atoms with Gasteiger partial charge in [0.2, 0.25) is 0 Å². The summed E-state index contributed by atoms with van der Waals surface area (Å²) in [6.07, 6.45) is 0. The number of hydrogen-bond acceptors (Lipinski definition) is 5. The Labute approximate surface area is 256 Å². The standard InChI is InChI=1S/C39H19N3OS/c40-20-23-13-29(21-41)39(30(14-23)22-42)28-16-26(24-9-11-36-33(18-24)31-5-1-3-7-35(31)43-36)15-27(17-28)25-10-12-38-34(19-25)32-6-2-4-8-37(32)44-38/h1-19H. The van der Waals surface area contributed by atoms with Gasteiger partial charge in [0.25, 0.3) is 0 Å². The molecular formula is C39H19N3OS. The van der Waals surface area contributed by atoms with Crippen LogP contribution in [0, 0.1) is 34.0 Å². The third kappa shape index (κ3) is 4.03. The van der Waals surface area contributed by atoms with Crippen LogP contribution in [0.3, 0.4) is 0 Å². The number of nitrogens with zero attached hydrogens (tertiary/aromatic N) is 3. The van der Waals surface area contributed by atoms with Crippen LogP contribution in [0.25, 0.3) is 75.5 Å². The molecule has 4 nitrogen and oxygen atoms in total. The molecule has 8 rings (SSSR count). The van der Waals surface area contributed by atoms with Crippen molar-refractivity contribution in [2.24, 2.45) is 0 Å². The summed E-state index contributed by atoms with van der Waals surface area (Å²) in [4.78, 5) is 0. The number of benzene rings is 6. The SMILES string of the molecule is N#Cc1cc(C#N)c(-c2cc(-c3ccc4oc5ccccc5c4c3)cc(-c3ccc4sc5ccccc5c4c3)c2)c(C#N)c1. The van der Waals surface area contributed by atoms with Crippen LogP contribution in [-0.4, -0.2) is 0 Å². The van der Waals surface area contributed by atoms with Gasteiger partial charge in [0.15, 0.2) is 0 Å². The molecule has 2 heterocycles. The van der Waals surface area contributed by atoms with E-state index in [2.05, 4.69) is 78.9 Å². The summed E-state index contributed by atoms with van der Waals surface area (Å²) in [6, 6.07) is 44.9. The Morgan fingerprint density at radius 2 is 1.05 bits per heavy atom. The molecule has 0 N–H and O–H groups in total. The van der Waals surface area contributed by atoms with E-state index in [1.54, 1.807) is 23.5 Å². The lowest BCUT2D eigenvalue weighted by Crippen LogP contribution is -1.94. The fourth-order valence-electron chi connectivity index (χ4n) is 6.11. The molecule has 5 heteroatoms. The van der Waals surface area contributed by atoms with Crippen molar-refractivity contribution in [1.29, 1.82) is 15.8 Å². The summed E-state index contributed by atoms with van der Waals surface area (Å²) < 4.78 is 8.54. The minimum Gasteiger partial charge on any atom is -0.456 e. The van der Waals surface area contributed by atoms with Crippen molar-refractivity contribution in [3.05, 3.63) is 132 Å². The molecule has 0 fully saturated rings. The molecule has 0 amide bonds. The van der Waals surface area contributed by atoms with E-state index in [-0.39, 0.29) is 5.56 Å². The Kier molecular flexibility index (Phi) is 5.78. The highest BCUT2D eigenvalue weighted by molar-refractivity contribution is 7.25. The van der Waals surface area contributed by atoms with Gasteiger partial charge in [-0.05, 0) is 94.5 Å². The van der Waals surface area contributed by atoms with Crippen LogP contribution in [0.1, 0.15) is 16.7 Å². The predicted octanol–water partition coefficient (Wildman–Crippen LogP) is 10.6. The molecule has 0 aliphatic heterocycles. The van der Waals surface area contributed by atoms with Crippen molar-refractivity contribution in [2.45, 2.75) is 0 Å². The van der Waals surface area contributed by atoms with E-state index in [1.807, 2.05) is 42.5 Å². The second kappa shape index (κ2) is 9.97. The Hall–Kier alpha value is -6.19. The molecule has 2 aromatic heterocycles. The van der Waals surface area contributed by atoms with Crippen LogP contribution in [-0.2, 0) is 0 Å². The van der Waals surface area contributed by atoms with Crippen molar-refractivity contribution >= 4 is 53.4 Å². The predicted molar refractivity (Wildman–Crippen MR) is 177 cm³/mol.